The molecular weight excluding hydrogens is 294 g/mol. The molecule has 0 saturated carbocycles. The average molecular weight is 314 g/mol. The van der Waals surface area contributed by atoms with E-state index in [1.807, 2.05) is 0 Å². The summed E-state index contributed by atoms with van der Waals surface area (Å²) in [6, 6.07) is 13.1. The van der Waals surface area contributed by atoms with Crippen molar-refractivity contribution in [1.82, 2.24) is 5.09 Å². The molecule has 0 aliphatic heterocycles. The number of benzene rings is 2. The van der Waals surface area contributed by atoms with Crippen LogP contribution in [0.15, 0.2) is 36.4 Å². The molecule has 0 amide bonds. The third-order valence-electron chi connectivity index (χ3n) is 2.83. The zero-order valence-electron chi connectivity index (χ0n) is 11.5. The van der Waals surface area contributed by atoms with Gasteiger partial charge in [-0.25, -0.2) is 0 Å². The third-order valence-corrected chi connectivity index (χ3v) is 6.22. The Kier molecular flexibility index (Phi) is 4.22. The molecule has 2 rings (SSSR count). The maximum atomic E-state index is 3.49. The van der Waals surface area contributed by atoms with E-state index in [4.69, 9.17) is 0 Å². The van der Waals surface area contributed by atoms with Crippen molar-refractivity contribution < 1.29 is 0 Å². The van der Waals surface area contributed by atoms with E-state index < -0.39 is 8.24 Å². The van der Waals surface area contributed by atoms with Crippen LogP contribution in [-0.2, 0) is 0 Å². The molecule has 4 heteroatoms. The van der Waals surface area contributed by atoms with Crippen LogP contribution in [0, 0.1) is 0 Å². The maximum absolute atomic E-state index is 3.49. The van der Waals surface area contributed by atoms with Crippen molar-refractivity contribution in [3.63, 3.8) is 0 Å². The monoisotopic (exact) mass is 313 g/mol. The normalized spacial score (nSPS) is 11.6. The third kappa shape index (κ3) is 3.20. The molecule has 93 valence electrons. The van der Waals surface area contributed by atoms with E-state index in [-0.39, 0.29) is 17.4 Å². The molecule has 0 spiro atoms. The second kappa shape index (κ2) is 5.52. The Morgan fingerprint density at radius 3 is 2.39 bits per heavy atom. The van der Waals surface area contributed by atoms with Crippen LogP contribution >= 0.6 is 0 Å². The van der Waals surface area contributed by atoms with Crippen LogP contribution < -0.4 is 14.6 Å². The standard InChI is InChI=1S/C13H17N2Si.CH3.Ga/c1-16(2,3)15-14-13-9-8-11-6-4-5-7-12(11)10-13;;/h4-9,14-15H,1-3H3;1H3;. The van der Waals surface area contributed by atoms with Gasteiger partial charge in [-0.2, -0.15) is 0 Å². The van der Waals surface area contributed by atoms with E-state index in [9.17, 15) is 0 Å². The molecule has 2 nitrogen and oxygen atoms in total. The SMILES string of the molecule is [CH3][Ga][c]1c(NN[Si](C)(C)C)ccc2ccccc12. The molecule has 0 aliphatic rings. The molecule has 0 atom stereocenters. The van der Waals surface area contributed by atoms with Gasteiger partial charge in [-0.05, 0) is 0 Å². The van der Waals surface area contributed by atoms with Crippen LogP contribution in [-0.4, -0.2) is 25.6 Å². The molecule has 2 aromatic carbocycles. The summed E-state index contributed by atoms with van der Waals surface area (Å²) in [6.45, 7) is 6.89. The summed E-state index contributed by atoms with van der Waals surface area (Å²) in [5, 5.41) is 6.26. The molecule has 0 heterocycles. The second-order valence-electron chi connectivity index (χ2n) is 5.54. The molecule has 18 heavy (non-hydrogen) atoms. The van der Waals surface area contributed by atoms with Crippen LogP contribution in [0.2, 0.25) is 25.1 Å². The first-order valence-corrected chi connectivity index (χ1v) is 13.5. The van der Waals surface area contributed by atoms with Gasteiger partial charge in [0, 0.05) is 0 Å². The second-order valence-corrected chi connectivity index (χ2v) is 12.7. The predicted octanol–water partition coefficient (Wildman–Crippen LogP) is 2.97. The van der Waals surface area contributed by atoms with E-state index in [2.05, 4.69) is 72.0 Å². The van der Waals surface area contributed by atoms with Gasteiger partial charge < -0.3 is 0 Å². The Balaban J connectivity index is 2.39. The Hall–Kier alpha value is -0.687. The Bertz CT molecular complexity index is 549. The van der Waals surface area contributed by atoms with Gasteiger partial charge in [0.25, 0.3) is 0 Å². The van der Waals surface area contributed by atoms with Crippen molar-refractivity contribution in [3.8, 4) is 0 Å². The number of hydrazine groups is 1. The van der Waals surface area contributed by atoms with Crippen LogP contribution in [0.1, 0.15) is 0 Å². The summed E-state index contributed by atoms with van der Waals surface area (Å²) in [6.07, 6.45) is 0. The van der Waals surface area contributed by atoms with Gasteiger partial charge >= 0.3 is 118 Å². The fraction of sp³-hybridized carbons (Fsp3) is 0.286. The van der Waals surface area contributed by atoms with Gasteiger partial charge in [-0.15, -0.1) is 0 Å². The molecule has 2 aromatic rings. The summed E-state index contributed by atoms with van der Waals surface area (Å²) >= 11 is -0.367. The first-order chi connectivity index (χ1) is 8.51. The van der Waals surface area contributed by atoms with Crippen LogP contribution in [0.5, 0.6) is 0 Å². The van der Waals surface area contributed by atoms with E-state index in [0.29, 0.717) is 0 Å². The summed E-state index contributed by atoms with van der Waals surface area (Å²) in [5.41, 5.74) is 7.09. The van der Waals surface area contributed by atoms with Gasteiger partial charge in [-0.3, -0.25) is 0 Å². The minimum absolute atomic E-state index is 0.367. The molecule has 0 fully saturated rings. The van der Waals surface area contributed by atoms with Crippen molar-refractivity contribution in [2.24, 2.45) is 0 Å². The van der Waals surface area contributed by atoms with Crippen LogP contribution in [0.3, 0.4) is 0 Å². The molecule has 0 aliphatic carbocycles. The van der Waals surface area contributed by atoms with Crippen LogP contribution in [0.4, 0.5) is 5.69 Å². The van der Waals surface area contributed by atoms with E-state index in [1.165, 1.54) is 16.5 Å². The zero-order valence-corrected chi connectivity index (χ0v) is 15.0. The molecule has 0 unspecified atom stereocenters. The van der Waals surface area contributed by atoms with Crippen molar-refractivity contribution in [1.29, 1.82) is 0 Å². The fourth-order valence-corrected chi connectivity index (χ4v) is 4.69. The number of rotatable bonds is 4. The Labute approximate surface area is 118 Å². The summed E-state index contributed by atoms with van der Waals surface area (Å²) in [5.74, 6) is 0. The number of anilines is 1. The van der Waals surface area contributed by atoms with Crippen molar-refractivity contribution in [2.75, 3.05) is 5.43 Å². The molecule has 0 aromatic heterocycles. The summed E-state index contributed by atoms with van der Waals surface area (Å²) in [4.78, 5) is 0. The first-order valence-electron chi connectivity index (χ1n) is 6.35. The topological polar surface area (TPSA) is 24.1 Å². The summed E-state index contributed by atoms with van der Waals surface area (Å²) < 4.78 is 1.54. The fourth-order valence-electron chi connectivity index (χ4n) is 1.97. The number of hydrogen-bond acceptors (Lipinski definition) is 2. The quantitative estimate of drug-likeness (QED) is 0.670. The average Bonchev–Trinajstić information content (AvgIpc) is 2.34. The van der Waals surface area contributed by atoms with E-state index in [0.717, 1.165) is 0 Å². The Morgan fingerprint density at radius 1 is 1.00 bits per heavy atom. The minimum atomic E-state index is -1.29. The molecular formula is C14H20GaN2Si. The van der Waals surface area contributed by atoms with Crippen molar-refractivity contribution in [2.45, 2.75) is 25.1 Å². The van der Waals surface area contributed by atoms with Gasteiger partial charge in [0.15, 0.2) is 0 Å². The predicted molar refractivity (Wildman–Crippen MR) is 85.3 cm³/mol. The molecule has 2 N–H and O–H groups in total. The Morgan fingerprint density at radius 2 is 1.72 bits per heavy atom. The van der Waals surface area contributed by atoms with E-state index in [1.54, 1.807) is 4.12 Å². The molecule has 0 saturated heterocycles. The first kappa shape index (κ1) is 13.7. The van der Waals surface area contributed by atoms with E-state index >= 15 is 0 Å². The number of fused-ring (bicyclic) bond motifs is 1. The zero-order chi connectivity index (χ0) is 13.2. The van der Waals surface area contributed by atoms with Crippen LogP contribution in [0.25, 0.3) is 10.8 Å². The summed E-state index contributed by atoms with van der Waals surface area (Å²) in [7, 11) is -1.29. The number of nitrogens with one attached hydrogen (secondary N) is 2. The van der Waals surface area contributed by atoms with Gasteiger partial charge in [0.1, 0.15) is 0 Å². The van der Waals surface area contributed by atoms with Crippen molar-refractivity contribution in [3.05, 3.63) is 36.4 Å². The molecule has 1 radical (unpaired) electrons. The molecule has 0 bridgehead atoms. The van der Waals surface area contributed by atoms with Gasteiger partial charge in [-0.1, -0.05) is 0 Å². The van der Waals surface area contributed by atoms with Gasteiger partial charge in [0.2, 0.25) is 0 Å². The van der Waals surface area contributed by atoms with Gasteiger partial charge in [0.05, 0.1) is 0 Å². The van der Waals surface area contributed by atoms with Crippen molar-refractivity contribution >= 4 is 46.2 Å². The number of hydrogen-bond donors (Lipinski definition) is 2.